The first kappa shape index (κ1) is 16.4. The highest BCUT2D eigenvalue weighted by atomic mass is 32.2. The number of carbonyl (C=O) groups excluding carboxylic acids is 1. The molecule has 112 valence electrons. The van der Waals surface area contributed by atoms with E-state index in [9.17, 15) is 17.6 Å². The summed E-state index contributed by atoms with van der Waals surface area (Å²) in [7, 11) is -3.41. The maximum absolute atomic E-state index is 12.9. The van der Waals surface area contributed by atoms with Crippen LogP contribution < -0.4 is 11.1 Å². The summed E-state index contributed by atoms with van der Waals surface area (Å²) in [5, 5.41) is 2.39. The second kappa shape index (κ2) is 7.23. The summed E-state index contributed by atoms with van der Waals surface area (Å²) in [6, 6.07) is 3.69. The van der Waals surface area contributed by atoms with Gasteiger partial charge in [-0.05, 0) is 24.6 Å². The molecule has 0 saturated carbocycles. The van der Waals surface area contributed by atoms with Gasteiger partial charge >= 0.3 is 0 Å². The van der Waals surface area contributed by atoms with Gasteiger partial charge in [-0.25, -0.2) is 12.8 Å². The lowest BCUT2D eigenvalue weighted by atomic mass is 10.2. The minimum Gasteiger partial charge on any atom is -0.396 e. The quantitative estimate of drug-likeness (QED) is 0.595. The number of anilines is 2. The monoisotopic (exact) mass is 302 g/mol. The molecule has 20 heavy (non-hydrogen) atoms. The Kier molecular flexibility index (Phi) is 5.94. The maximum Gasteiger partial charge on any atom is 0.239 e. The topological polar surface area (TPSA) is 89.3 Å². The van der Waals surface area contributed by atoms with E-state index in [1.54, 1.807) is 0 Å². The van der Waals surface area contributed by atoms with Crippen LogP contribution in [0, 0.1) is 5.82 Å². The molecule has 0 spiro atoms. The number of amides is 1. The minimum absolute atomic E-state index is 0.000182. The van der Waals surface area contributed by atoms with Gasteiger partial charge in [-0.15, -0.1) is 0 Å². The molecule has 0 aliphatic heterocycles. The van der Waals surface area contributed by atoms with Crippen LogP contribution in [-0.4, -0.2) is 25.8 Å². The second-order valence-electron chi connectivity index (χ2n) is 4.58. The molecule has 0 aliphatic rings. The number of hydrogen-bond donors (Lipinski definition) is 2. The summed E-state index contributed by atoms with van der Waals surface area (Å²) < 4.78 is 36.3. The molecule has 0 aliphatic carbocycles. The van der Waals surface area contributed by atoms with Crippen molar-refractivity contribution in [2.45, 2.75) is 26.2 Å². The van der Waals surface area contributed by atoms with Crippen LogP contribution in [0.3, 0.4) is 0 Å². The van der Waals surface area contributed by atoms with Crippen molar-refractivity contribution in [3.8, 4) is 0 Å². The van der Waals surface area contributed by atoms with Gasteiger partial charge in [-0.3, -0.25) is 4.79 Å². The maximum atomic E-state index is 12.9. The molecule has 3 N–H and O–H groups in total. The van der Waals surface area contributed by atoms with E-state index in [4.69, 9.17) is 5.73 Å². The SMILES string of the molecule is CCCCCS(=O)(=O)CC(=O)Nc1ccc(F)c(N)c1. The highest BCUT2D eigenvalue weighted by molar-refractivity contribution is 7.92. The molecule has 0 bridgehead atoms. The standard InChI is InChI=1S/C13H19FN2O3S/c1-2-3-4-7-20(18,19)9-13(17)16-10-5-6-11(14)12(15)8-10/h5-6,8H,2-4,7,9,15H2,1H3,(H,16,17). The van der Waals surface area contributed by atoms with Crippen molar-refractivity contribution < 1.29 is 17.6 Å². The lowest BCUT2D eigenvalue weighted by Gasteiger charge is -2.07. The molecule has 0 aromatic heterocycles. The number of hydrogen-bond acceptors (Lipinski definition) is 4. The Bertz CT molecular complexity index is 573. The Morgan fingerprint density at radius 2 is 2.05 bits per heavy atom. The number of nitrogens with two attached hydrogens (primary N) is 1. The highest BCUT2D eigenvalue weighted by Crippen LogP contribution is 2.16. The number of rotatable bonds is 7. The summed E-state index contributed by atoms with van der Waals surface area (Å²) in [6.45, 7) is 1.97. The molecule has 0 saturated heterocycles. The van der Waals surface area contributed by atoms with Crippen LogP contribution in [0.25, 0.3) is 0 Å². The Morgan fingerprint density at radius 3 is 2.65 bits per heavy atom. The van der Waals surface area contributed by atoms with Gasteiger partial charge in [-0.2, -0.15) is 0 Å². The zero-order valence-corrected chi connectivity index (χ0v) is 12.2. The van der Waals surface area contributed by atoms with Crippen molar-refractivity contribution in [2.24, 2.45) is 0 Å². The number of halogens is 1. The van der Waals surface area contributed by atoms with Crippen LogP contribution in [0.2, 0.25) is 0 Å². The van der Waals surface area contributed by atoms with E-state index in [2.05, 4.69) is 5.32 Å². The van der Waals surface area contributed by atoms with Crippen molar-refractivity contribution in [1.82, 2.24) is 0 Å². The average molecular weight is 302 g/mol. The van der Waals surface area contributed by atoms with E-state index < -0.39 is 27.3 Å². The molecular weight excluding hydrogens is 283 g/mol. The summed E-state index contributed by atoms with van der Waals surface area (Å²) in [5.41, 5.74) is 5.53. The first-order valence-corrected chi connectivity index (χ1v) is 8.21. The smallest absolute Gasteiger partial charge is 0.239 e. The number of unbranched alkanes of at least 4 members (excludes halogenated alkanes) is 2. The second-order valence-corrected chi connectivity index (χ2v) is 6.77. The summed E-state index contributed by atoms with van der Waals surface area (Å²) >= 11 is 0. The molecule has 1 rings (SSSR count). The number of sulfone groups is 1. The predicted octanol–water partition coefficient (Wildman–Crippen LogP) is 1.95. The van der Waals surface area contributed by atoms with Crippen LogP contribution >= 0.6 is 0 Å². The largest absolute Gasteiger partial charge is 0.396 e. The molecule has 0 heterocycles. The van der Waals surface area contributed by atoms with Gasteiger partial charge < -0.3 is 11.1 Å². The van der Waals surface area contributed by atoms with Crippen LogP contribution in [-0.2, 0) is 14.6 Å². The van der Waals surface area contributed by atoms with Crippen molar-refractivity contribution in [3.05, 3.63) is 24.0 Å². The van der Waals surface area contributed by atoms with Gasteiger partial charge in [0, 0.05) is 5.69 Å². The lowest BCUT2D eigenvalue weighted by Crippen LogP contribution is -2.24. The van der Waals surface area contributed by atoms with Crippen LogP contribution in [0.1, 0.15) is 26.2 Å². The van der Waals surface area contributed by atoms with E-state index in [-0.39, 0.29) is 17.1 Å². The van der Waals surface area contributed by atoms with Crippen molar-refractivity contribution in [3.63, 3.8) is 0 Å². The summed E-state index contributed by atoms with van der Waals surface area (Å²) in [5.74, 6) is -1.81. The van der Waals surface area contributed by atoms with E-state index in [1.165, 1.54) is 12.1 Å². The van der Waals surface area contributed by atoms with E-state index in [1.807, 2.05) is 6.92 Å². The first-order chi connectivity index (χ1) is 9.34. The van der Waals surface area contributed by atoms with E-state index in [0.717, 1.165) is 18.9 Å². The van der Waals surface area contributed by atoms with Crippen molar-refractivity contribution in [2.75, 3.05) is 22.6 Å². The third-order valence-electron chi connectivity index (χ3n) is 2.69. The van der Waals surface area contributed by atoms with Gasteiger partial charge in [0.1, 0.15) is 11.6 Å². The van der Waals surface area contributed by atoms with E-state index in [0.29, 0.717) is 6.42 Å². The third kappa shape index (κ3) is 5.56. The van der Waals surface area contributed by atoms with Crippen molar-refractivity contribution in [1.29, 1.82) is 0 Å². The minimum atomic E-state index is -3.41. The molecule has 0 unspecified atom stereocenters. The predicted molar refractivity (Wildman–Crippen MR) is 77.6 cm³/mol. The zero-order chi connectivity index (χ0) is 15.2. The molecule has 1 aromatic carbocycles. The Labute approximate surface area is 118 Å². The Hall–Kier alpha value is -1.63. The van der Waals surface area contributed by atoms with Gasteiger partial charge in [0.25, 0.3) is 0 Å². The van der Waals surface area contributed by atoms with E-state index >= 15 is 0 Å². The fourth-order valence-electron chi connectivity index (χ4n) is 1.66. The first-order valence-electron chi connectivity index (χ1n) is 6.39. The number of nitrogen functional groups attached to an aromatic ring is 1. The average Bonchev–Trinajstić information content (AvgIpc) is 2.33. The van der Waals surface area contributed by atoms with Crippen LogP contribution in [0.4, 0.5) is 15.8 Å². The van der Waals surface area contributed by atoms with Gasteiger partial charge in [-0.1, -0.05) is 19.8 Å². The normalized spacial score (nSPS) is 11.3. The molecular formula is C13H19FN2O3S. The summed E-state index contributed by atoms with van der Waals surface area (Å²) in [4.78, 5) is 11.6. The highest BCUT2D eigenvalue weighted by Gasteiger charge is 2.16. The molecule has 0 fully saturated rings. The number of nitrogens with one attached hydrogen (secondary N) is 1. The van der Waals surface area contributed by atoms with Crippen LogP contribution in [0.5, 0.6) is 0 Å². The molecule has 1 aromatic rings. The van der Waals surface area contributed by atoms with Gasteiger partial charge in [0.05, 0.1) is 11.4 Å². The molecule has 0 atom stereocenters. The number of carbonyl (C=O) groups is 1. The molecule has 7 heteroatoms. The fraction of sp³-hybridized carbons (Fsp3) is 0.462. The zero-order valence-electron chi connectivity index (χ0n) is 11.4. The lowest BCUT2D eigenvalue weighted by molar-refractivity contribution is -0.113. The Balaban J connectivity index is 2.56. The van der Waals surface area contributed by atoms with Crippen LogP contribution in [0.15, 0.2) is 18.2 Å². The molecule has 1 amide bonds. The molecule has 0 radical (unpaired) electrons. The Morgan fingerprint density at radius 1 is 1.35 bits per heavy atom. The van der Waals surface area contributed by atoms with Gasteiger partial charge in [0.15, 0.2) is 9.84 Å². The third-order valence-corrected chi connectivity index (χ3v) is 4.30. The number of benzene rings is 1. The van der Waals surface area contributed by atoms with Crippen molar-refractivity contribution >= 4 is 27.1 Å². The fourth-order valence-corrected chi connectivity index (χ4v) is 2.92. The summed E-state index contributed by atoms with van der Waals surface area (Å²) in [6.07, 6.45) is 2.28. The van der Waals surface area contributed by atoms with Gasteiger partial charge in [0.2, 0.25) is 5.91 Å². The molecule has 5 nitrogen and oxygen atoms in total.